The number of nitrogen functional groups attached to an aromatic ring is 1. The minimum atomic E-state index is -0.175. The topological polar surface area (TPSA) is 38.9 Å². The first-order valence-corrected chi connectivity index (χ1v) is 5.53. The van der Waals surface area contributed by atoms with E-state index in [1.807, 2.05) is 32.0 Å². The smallest absolute Gasteiger partial charge is 0.127 e. The maximum atomic E-state index is 13.9. The molecule has 0 radical (unpaired) electrons. The predicted octanol–water partition coefficient (Wildman–Crippen LogP) is 3.01. The van der Waals surface area contributed by atoms with Gasteiger partial charge >= 0.3 is 0 Å². The zero-order valence-corrected chi connectivity index (χ0v) is 10.00. The van der Waals surface area contributed by atoms with Crippen molar-refractivity contribution in [1.82, 2.24) is 4.98 Å². The third-order valence-electron chi connectivity index (χ3n) is 2.86. The van der Waals surface area contributed by atoms with E-state index >= 15 is 0 Å². The third-order valence-corrected chi connectivity index (χ3v) is 2.86. The average Bonchev–Trinajstić information content (AvgIpc) is 2.25. The molecule has 0 atom stereocenters. The van der Waals surface area contributed by atoms with Crippen molar-refractivity contribution in [2.24, 2.45) is 0 Å². The third kappa shape index (κ3) is 2.44. The van der Waals surface area contributed by atoms with Crippen LogP contribution in [0.3, 0.4) is 0 Å². The number of aryl methyl sites for hydroxylation is 2. The average molecular weight is 230 g/mol. The SMILES string of the molecule is Cc1cc(C)c(Cc2cccnc2N)c(F)c1. The zero-order valence-electron chi connectivity index (χ0n) is 10.00. The number of hydrogen-bond acceptors (Lipinski definition) is 2. The molecule has 1 heterocycles. The van der Waals surface area contributed by atoms with E-state index < -0.39 is 0 Å². The van der Waals surface area contributed by atoms with Gasteiger partial charge in [0.05, 0.1) is 0 Å². The van der Waals surface area contributed by atoms with Crippen LogP contribution in [0, 0.1) is 19.7 Å². The Morgan fingerprint density at radius 2 is 2.06 bits per heavy atom. The van der Waals surface area contributed by atoms with E-state index in [0.29, 0.717) is 17.8 Å². The first kappa shape index (κ1) is 11.6. The molecule has 0 spiro atoms. The molecule has 3 heteroatoms. The van der Waals surface area contributed by atoms with Gasteiger partial charge in [-0.3, -0.25) is 0 Å². The number of pyridine rings is 1. The van der Waals surface area contributed by atoms with Crippen molar-refractivity contribution in [3.05, 3.63) is 58.5 Å². The number of anilines is 1. The molecule has 2 N–H and O–H groups in total. The molecule has 0 aliphatic carbocycles. The van der Waals surface area contributed by atoms with E-state index in [1.165, 1.54) is 0 Å². The highest BCUT2D eigenvalue weighted by molar-refractivity contribution is 5.44. The normalized spacial score (nSPS) is 10.5. The lowest BCUT2D eigenvalue weighted by atomic mass is 9.98. The second kappa shape index (κ2) is 4.53. The Balaban J connectivity index is 2.40. The van der Waals surface area contributed by atoms with Crippen LogP contribution in [0.25, 0.3) is 0 Å². The molecule has 2 nitrogen and oxygen atoms in total. The fourth-order valence-electron chi connectivity index (χ4n) is 1.96. The van der Waals surface area contributed by atoms with Gasteiger partial charge in [0.15, 0.2) is 0 Å². The van der Waals surface area contributed by atoms with Crippen molar-refractivity contribution in [3.63, 3.8) is 0 Å². The lowest BCUT2D eigenvalue weighted by molar-refractivity contribution is 0.611. The molecule has 2 rings (SSSR count). The van der Waals surface area contributed by atoms with E-state index in [9.17, 15) is 4.39 Å². The maximum Gasteiger partial charge on any atom is 0.127 e. The summed E-state index contributed by atoms with van der Waals surface area (Å²) in [5.74, 6) is 0.289. The Morgan fingerprint density at radius 3 is 2.71 bits per heavy atom. The molecule has 0 saturated carbocycles. The number of aromatic nitrogens is 1. The monoisotopic (exact) mass is 230 g/mol. The van der Waals surface area contributed by atoms with Crippen molar-refractivity contribution >= 4 is 5.82 Å². The Labute approximate surface area is 100 Å². The fraction of sp³-hybridized carbons (Fsp3) is 0.214. The number of rotatable bonds is 2. The van der Waals surface area contributed by atoms with Gasteiger partial charge in [-0.1, -0.05) is 12.1 Å². The van der Waals surface area contributed by atoms with Crippen LogP contribution in [0.4, 0.5) is 10.2 Å². The Hall–Kier alpha value is -1.90. The summed E-state index contributed by atoms with van der Waals surface area (Å²) >= 11 is 0. The first-order valence-electron chi connectivity index (χ1n) is 5.53. The van der Waals surface area contributed by atoms with Crippen molar-refractivity contribution in [2.75, 3.05) is 5.73 Å². The van der Waals surface area contributed by atoms with Crippen LogP contribution in [0.2, 0.25) is 0 Å². The van der Waals surface area contributed by atoms with Gasteiger partial charge in [-0.15, -0.1) is 0 Å². The fourth-order valence-corrected chi connectivity index (χ4v) is 1.96. The summed E-state index contributed by atoms with van der Waals surface area (Å²) in [6, 6.07) is 7.22. The highest BCUT2D eigenvalue weighted by atomic mass is 19.1. The maximum absolute atomic E-state index is 13.9. The molecule has 0 fully saturated rings. The van der Waals surface area contributed by atoms with Gasteiger partial charge in [0.2, 0.25) is 0 Å². The molecular formula is C14H15FN2. The van der Waals surface area contributed by atoms with Crippen molar-refractivity contribution in [2.45, 2.75) is 20.3 Å². The standard InChI is InChI=1S/C14H15FN2/c1-9-6-10(2)12(13(15)7-9)8-11-4-3-5-17-14(11)16/h3-7H,8H2,1-2H3,(H2,16,17). The van der Waals surface area contributed by atoms with E-state index in [4.69, 9.17) is 5.73 Å². The van der Waals surface area contributed by atoms with E-state index in [-0.39, 0.29) is 5.82 Å². The van der Waals surface area contributed by atoms with Crippen LogP contribution in [0.15, 0.2) is 30.5 Å². The van der Waals surface area contributed by atoms with Gasteiger partial charge in [0.1, 0.15) is 11.6 Å². The van der Waals surface area contributed by atoms with Gasteiger partial charge < -0.3 is 5.73 Å². The second-order valence-corrected chi connectivity index (χ2v) is 4.27. The molecule has 0 amide bonds. The minimum Gasteiger partial charge on any atom is -0.383 e. The van der Waals surface area contributed by atoms with E-state index in [0.717, 1.165) is 16.7 Å². The van der Waals surface area contributed by atoms with Gasteiger partial charge in [0.25, 0.3) is 0 Å². The predicted molar refractivity (Wildman–Crippen MR) is 67.3 cm³/mol. The minimum absolute atomic E-state index is 0.175. The van der Waals surface area contributed by atoms with Crippen LogP contribution < -0.4 is 5.73 Å². The summed E-state index contributed by atoms with van der Waals surface area (Å²) in [7, 11) is 0. The molecule has 2 aromatic rings. The number of nitrogens with two attached hydrogens (primary N) is 1. The highest BCUT2D eigenvalue weighted by Crippen LogP contribution is 2.21. The number of benzene rings is 1. The number of halogens is 1. The van der Waals surface area contributed by atoms with Crippen LogP contribution in [0.1, 0.15) is 22.3 Å². The summed E-state index contributed by atoms with van der Waals surface area (Å²) in [4.78, 5) is 4.01. The number of hydrogen-bond donors (Lipinski definition) is 1. The molecule has 88 valence electrons. The summed E-state index contributed by atoms with van der Waals surface area (Å²) in [5.41, 5.74) is 9.20. The van der Waals surface area contributed by atoms with Crippen molar-refractivity contribution in [1.29, 1.82) is 0 Å². The van der Waals surface area contributed by atoms with Gasteiger partial charge in [-0.25, -0.2) is 9.37 Å². The quantitative estimate of drug-likeness (QED) is 0.861. The molecule has 0 saturated heterocycles. The Morgan fingerprint density at radius 1 is 1.29 bits per heavy atom. The summed E-state index contributed by atoms with van der Waals surface area (Å²) in [6.07, 6.45) is 2.12. The van der Waals surface area contributed by atoms with Crippen LogP contribution in [0.5, 0.6) is 0 Å². The molecule has 17 heavy (non-hydrogen) atoms. The first-order chi connectivity index (χ1) is 8.08. The lowest BCUT2D eigenvalue weighted by Gasteiger charge is -2.10. The molecule has 0 unspecified atom stereocenters. The van der Waals surface area contributed by atoms with E-state index in [1.54, 1.807) is 12.3 Å². The molecule has 0 bridgehead atoms. The van der Waals surface area contributed by atoms with Crippen molar-refractivity contribution in [3.8, 4) is 0 Å². The van der Waals surface area contributed by atoms with Crippen molar-refractivity contribution < 1.29 is 4.39 Å². The van der Waals surface area contributed by atoms with Crippen LogP contribution >= 0.6 is 0 Å². The molecule has 1 aromatic carbocycles. The van der Waals surface area contributed by atoms with Crippen LogP contribution in [-0.2, 0) is 6.42 Å². The van der Waals surface area contributed by atoms with Crippen LogP contribution in [-0.4, -0.2) is 4.98 Å². The Kier molecular flexibility index (Phi) is 3.09. The number of nitrogens with zero attached hydrogens (tertiary/aromatic N) is 1. The summed E-state index contributed by atoms with van der Waals surface area (Å²) < 4.78 is 13.9. The molecular weight excluding hydrogens is 215 g/mol. The second-order valence-electron chi connectivity index (χ2n) is 4.27. The molecule has 1 aromatic heterocycles. The summed E-state index contributed by atoms with van der Waals surface area (Å²) in [5, 5.41) is 0. The highest BCUT2D eigenvalue weighted by Gasteiger charge is 2.09. The van der Waals surface area contributed by atoms with Gasteiger partial charge in [0, 0.05) is 12.6 Å². The largest absolute Gasteiger partial charge is 0.383 e. The van der Waals surface area contributed by atoms with Gasteiger partial charge in [-0.2, -0.15) is 0 Å². The summed E-state index contributed by atoms with van der Waals surface area (Å²) in [6.45, 7) is 3.80. The molecule has 0 aliphatic rings. The Bertz CT molecular complexity index is 527. The van der Waals surface area contributed by atoms with Gasteiger partial charge in [-0.05, 0) is 48.2 Å². The zero-order chi connectivity index (χ0) is 12.4. The lowest BCUT2D eigenvalue weighted by Crippen LogP contribution is -2.02. The van der Waals surface area contributed by atoms with E-state index in [2.05, 4.69) is 4.98 Å². The molecule has 0 aliphatic heterocycles.